The normalized spacial score (nSPS) is 17.0. The zero-order chi connectivity index (χ0) is 25.5. The summed E-state index contributed by atoms with van der Waals surface area (Å²) < 4.78 is 0. The lowest BCUT2D eigenvalue weighted by Crippen LogP contribution is -2.56. The Balaban J connectivity index is 2.79. The predicted molar refractivity (Wildman–Crippen MR) is 134 cm³/mol. The van der Waals surface area contributed by atoms with Gasteiger partial charge in [-0.05, 0) is 64.0 Å². The average molecular weight is 482 g/mol. The maximum atomic E-state index is 13.0. The van der Waals surface area contributed by atoms with Crippen molar-refractivity contribution in [3.63, 3.8) is 0 Å². The van der Waals surface area contributed by atoms with E-state index in [1.165, 1.54) is 13.3 Å². The molecule has 0 radical (unpaired) electrons. The molecule has 0 aromatic heterocycles. The Bertz CT molecular complexity index is 649. The fourth-order valence-corrected chi connectivity index (χ4v) is 4.46. The summed E-state index contributed by atoms with van der Waals surface area (Å²) in [4.78, 5) is 50.6. The number of unbranched alkanes of at least 4 members (excludes halogenated alkanes) is 1. The molecule has 0 aromatic carbocycles. The zero-order valence-electron chi connectivity index (χ0n) is 21.4. The van der Waals surface area contributed by atoms with Crippen molar-refractivity contribution in [2.75, 3.05) is 13.1 Å². The standard InChI is InChI=1S/C25H47N5O4/c1-17(2)15-22(28-23(32)11-7-8-13-26)25(34)29-20(12-14-27)24(33)30-21(18(3)31)16-19-9-5-4-6-10-19/h17,19-22H,4-16,26-27H2,1-3H3,(H,28,32)(H,29,34)(H,30,33)/t20-,21-,22+/m0/s1. The van der Waals surface area contributed by atoms with Crippen LogP contribution in [-0.2, 0) is 19.2 Å². The minimum absolute atomic E-state index is 0.0841. The maximum Gasteiger partial charge on any atom is 0.243 e. The molecule has 34 heavy (non-hydrogen) atoms. The highest BCUT2D eigenvalue weighted by atomic mass is 16.2. The molecule has 196 valence electrons. The second-order valence-electron chi connectivity index (χ2n) is 10.0. The molecule has 1 saturated carbocycles. The molecule has 0 heterocycles. The lowest BCUT2D eigenvalue weighted by atomic mass is 9.84. The lowest BCUT2D eigenvalue weighted by molar-refractivity contribution is -0.133. The third-order valence-corrected chi connectivity index (χ3v) is 6.41. The van der Waals surface area contributed by atoms with E-state index in [9.17, 15) is 19.2 Å². The Morgan fingerprint density at radius 1 is 0.824 bits per heavy atom. The summed E-state index contributed by atoms with van der Waals surface area (Å²) in [5, 5.41) is 8.42. The summed E-state index contributed by atoms with van der Waals surface area (Å²) in [5.74, 6) is -0.527. The van der Waals surface area contributed by atoms with Crippen molar-refractivity contribution in [1.29, 1.82) is 0 Å². The van der Waals surface area contributed by atoms with E-state index in [1.807, 2.05) is 13.8 Å². The number of Topliss-reactive ketones (excluding diaryl/α,β-unsaturated/α-hetero) is 1. The summed E-state index contributed by atoms with van der Waals surface area (Å²) in [6, 6.07) is -2.18. The van der Waals surface area contributed by atoms with Crippen LogP contribution in [0.1, 0.15) is 91.4 Å². The molecule has 0 aromatic rings. The third kappa shape index (κ3) is 11.9. The Kier molecular flexibility index (Phi) is 14.7. The van der Waals surface area contributed by atoms with E-state index >= 15 is 0 Å². The molecular formula is C25H47N5O4. The molecule has 0 spiro atoms. The minimum Gasteiger partial charge on any atom is -0.345 e. The molecule has 9 heteroatoms. The molecule has 3 amide bonds. The number of amides is 3. The second kappa shape index (κ2) is 16.6. The Morgan fingerprint density at radius 3 is 2.00 bits per heavy atom. The molecule has 1 rings (SSSR count). The number of hydrogen-bond donors (Lipinski definition) is 5. The SMILES string of the molecule is CC(=O)[C@H](CC1CCCCC1)NC(=O)[C@H](CCN)NC(=O)[C@@H](CC(C)C)NC(=O)CCCCN. The van der Waals surface area contributed by atoms with Crippen LogP contribution in [0.25, 0.3) is 0 Å². The van der Waals surface area contributed by atoms with Crippen molar-refractivity contribution < 1.29 is 19.2 Å². The quantitative estimate of drug-likeness (QED) is 0.210. The Hall–Kier alpha value is -2.00. The molecule has 1 fully saturated rings. The summed E-state index contributed by atoms with van der Waals surface area (Å²) in [6.07, 6.45) is 8.69. The molecule has 1 aliphatic carbocycles. The van der Waals surface area contributed by atoms with E-state index < -0.39 is 29.9 Å². The molecular weight excluding hydrogens is 434 g/mol. The van der Waals surface area contributed by atoms with Crippen molar-refractivity contribution in [2.24, 2.45) is 23.3 Å². The van der Waals surface area contributed by atoms with Crippen molar-refractivity contribution in [2.45, 2.75) is 110 Å². The Morgan fingerprint density at radius 2 is 1.44 bits per heavy atom. The van der Waals surface area contributed by atoms with Gasteiger partial charge < -0.3 is 27.4 Å². The smallest absolute Gasteiger partial charge is 0.243 e. The van der Waals surface area contributed by atoms with Gasteiger partial charge in [0.2, 0.25) is 17.7 Å². The largest absolute Gasteiger partial charge is 0.345 e. The predicted octanol–water partition coefficient (Wildman–Crippen LogP) is 1.52. The number of rotatable bonds is 16. The number of nitrogens with two attached hydrogens (primary N) is 2. The number of carbonyl (C=O) groups excluding carboxylic acids is 4. The van der Waals surface area contributed by atoms with Crippen LogP contribution in [0.3, 0.4) is 0 Å². The summed E-state index contributed by atoms with van der Waals surface area (Å²) in [5.41, 5.74) is 11.2. The lowest BCUT2D eigenvalue weighted by Gasteiger charge is -2.28. The topological polar surface area (TPSA) is 156 Å². The molecule has 0 unspecified atom stereocenters. The van der Waals surface area contributed by atoms with Gasteiger partial charge in [-0.1, -0.05) is 46.0 Å². The first-order valence-corrected chi connectivity index (χ1v) is 13.0. The average Bonchev–Trinajstić information content (AvgIpc) is 2.78. The molecule has 0 bridgehead atoms. The van der Waals surface area contributed by atoms with Crippen LogP contribution in [-0.4, -0.2) is 54.7 Å². The molecule has 0 saturated heterocycles. The van der Waals surface area contributed by atoms with E-state index in [1.54, 1.807) is 0 Å². The first kappa shape index (κ1) is 30.0. The van der Waals surface area contributed by atoms with Crippen molar-refractivity contribution in [3.05, 3.63) is 0 Å². The first-order chi connectivity index (χ1) is 16.2. The maximum absolute atomic E-state index is 13.0. The summed E-state index contributed by atoms with van der Waals surface area (Å²) >= 11 is 0. The molecule has 9 nitrogen and oxygen atoms in total. The zero-order valence-corrected chi connectivity index (χ0v) is 21.4. The van der Waals surface area contributed by atoms with Gasteiger partial charge in [-0.2, -0.15) is 0 Å². The number of ketones is 1. The van der Waals surface area contributed by atoms with Crippen LogP contribution in [0.5, 0.6) is 0 Å². The van der Waals surface area contributed by atoms with Gasteiger partial charge in [0.15, 0.2) is 5.78 Å². The molecule has 0 aliphatic heterocycles. The van der Waals surface area contributed by atoms with Crippen LogP contribution in [0, 0.1) is 11.8 Å². The fraction of sp³-hybridized carbons (Fsp3) is 0.840. The van der Waals surface area contributed by atoms with Gasteiger partial charge in [-0.3, -0.25) is 19.2 Å². The van der Waals surface area contributed by atoms with E-state index in [-0.39, 0.29) is 30.6 Å². The van der Waals surface area contributed by atoms with E-state index in [0.717, 1.165) is 32.1 Å². The van der Waals surface area contributed by atoms with E-state index in [2.05, 4.69) is 16.0 Å². The highest BCUT2D eigenvalue weighted by Gasteiger charge is 2.30. The number of nitrogens with one attached hydrogen (secondary N) is 3. The van der Waals surface area contributed by atoms with Crippen LogP contribution < -0.4 is 27.4 Å². The monoisotopic (exact) mass is 481 g/mol. The van der Waals surface area contributed by atoms with Crippen molar-refractivity contribution in [1.82, 2.24) is 16.0 Å². The van der Waals surface area contributed by atoms with Gasteiger partial charge in [0.25, 0.3) is 0 Å². The van der Waals surface area contributed by atoms with Crippen LogP contribution in [0.2, 0.25) is 0 Å². The minimum atomic E-state index is -0.866. The van der Waals surface area contributed by atoms with E-state index in [4.69, 9.17) is 11.5 Å². The van der Waals surface area contributed by atoms with Gasteiger partial charge in [-0.25, -0.2) is 0 Å². The first-order valence-electron chi connectivity index (χ1n) is 13.0. The summed E-state index contributed by atoms with van der Waals surface area (Å²) in [6.45, 7) is 6.14. The third-order valence-electron chi connectivity index (χ3n) is 6.41. The van der Waals surface area contributed by atoms with Crippen LogP contribution in [0.15, 0.2) is 0 Å². The van der Waals surface area contributed by atoms with Gasteiger partial charge in [0, 0.05) is 6.42 Å². The molecule has 1 aliphatic rings. The highest BCUT2D eigenvalue weighted by Crippen LogP contribution is 2.27. The van der Waals surface area contributed by atoms with Crippen LogP contribution >= 0.6 is 0 Å². The van der Waals surface area contributed by atoms with Gasteiger partial charge in [0.05, 0.1) is 6.04 Å². The fourth-order valence-electron chi connectivity index (χ4n) is 4.46. The van der Waals surface area contributed by atoms with Crippen molar-refractivity contribution >= 4 is 23.5 Å². The van der Waals surface area contributed by atoms with Gasteiger partial charge in [0.1, 0.15) is 12.1 Å². The Labute approximate surface area is 204 Å². The summed E-state index contributed by atoms with van der Waals surface area (Å²) in [7, 11) is 0. The van der Waals surface area contributed by atoms with Gasteiger partial charge in [-0.15, -0.1) is 0 Å². The van der Waals surface area contributed by atoms with Crippen molar-refractivity contribution in [3.8, 4) is 0 Å². The van der Waals surface area contributed by atoms with Gasteiger partial charge >= 0.3 is 0 Å². The van der Waals surface area contributed by atoms with E-state index in [0.29, 0.717) is 38.1 Å². The van der Waals surface area contributed by atoms with Crippen LogP contribution in [0.4, 0.5) is 0 Å². The highest BCUT2D eigenvalue weighted by molar-refractivity contribution is 5.94. The molecule has 3 atom stereocenters. The molecule has 7 N–H and O–H groups in total. The number of carbonyl (C=O) groups is 4. The second-order valence-corrected chi connectivity index (χ2v) is 10.0. The number of hydrogen-bond acceptors (Lipinski definition) is 6.